The lowest BCUT2D eigenvalue weighted by atomic mass is 9.78. The predicted molar refractivity (Wildman–Crippen MR) is 188 cm³/mol. The van der Waals surface area contributed by atoms with Gasteiger partial charge in [0.15, 0.2) is 12.6 Å². The monoisotopic (exact) mass is 718 g/mol. The number of nitrogens with one attached hydrogen (secondary N) is 1. The first-order valence-electron chi connectivity index (χ1n) is 18.6. The van der Waals surface area contributed by atoms with E-state index in [1.165, 1.54) is 7.11 Å². The maximum atomic E-state index is 14.1. The normalized spacial score (nSPS) is 49.2. The number of nitrogens with zero attached hydrogens (tertiary/aromatic N) is 1. The summed E-state index contributed by atoms with van der Waals surface area (Å²) in [5.41, 5.74) is -3.79. The van der Waals surface area contributed by atoms with Gasteiger partial charge < -0.3 is 59.1 Å². The van der Waals surface area contributed by atoms with E-state index in [2.05, 4.69) is 5.32 Å². The number of esters is 1. The second-order valence-electron chi connectivity index (χ2n) is 16.7. The largest absolute Gasteiger partial charge is 0.459 e. The Hall–Kier alpha value is -0.970. The lowest BCUT2D eigenvalue weighted by molar-refractivity contribution is -0.317. The van der Waals surface area contributed by atoms with E-state index in [9.17, 15) is 25.2 Å². The number of methoxy groups -OCH3 is 1. The number of hydrogen-bond donors (Lipinski definition) is 5. The van der Waals surface area contributed by atoms with Crippen molar-refractivity contribution in [2.45, 2.75) is 186 Å². The Morgan fingerprint density at radius 1 is 0.940 bits per heavy atom. The van der Waals surface area contributed by atoms with E-state index in [0.717, 1.165) is 0 Å². The highest BCUT2D eigenvalue weighted by atomic mass is 16.7. The van der Waals surface area contributed by atoms with E-state index in [1.807, 2.05) is 53.6 Å². The SMILES string of the molecule is CC[C@@H]1OC(=O)[C@H](C)[C@@H](O[C@H]2C[C@@](C)(OC)[C@@H](O)[C@H](C)O2)[C@H](C)[C@@H](O[C@@H]2O[C@H](C)C[C@H](N(C)C)[C@H]2O)[C@@](C)(O)C[C@H](C)NC[C@@H](C)C[C@]1(C)O. The summed E-state index contributed by atoms with van der Waals surface area (Å²) in [5.74, 6) is -2.16. The maximum Gasteiger partial charge on any atom is 0.311 e. The van der Waals surface area contributed by atoms with Gasteiger partial charge in [-0.15, -0.1) is 0 Å². The molecule has 0 aromatic rings. The first-order chi connectivity index (χ1) is 23.1. The maximum absolute atomic E-state index is 14.1. The molecule has 3 saturated heterocycles. The Morgan fingerprint density at radius 3 is 2.16 bits per heavy atom. The van der Waals surface area contributed by atoms with Crippen molar-refractivity contribution in [2.75, 3.05) is 27.7 Å². The number of hydrogen-bond acceptors (Lipinski definition) is 13. The minimum atomic E-state index is -1.51. The molecule has 3 heterocycles. The number of aliphatic hydroxyl groups is 4. The number of cyclic esters (lactones) is 1. The molecular formula is C37H70N2O11. The fraction of sp³-hybridized carbons (Fsp3) is 0.973. The molecule has 3 aliphatic heterocycles. The van der Waals surface area contributed by atoms with Crippen LogP contribution in [0.15, 0.2) is 0 Å². The molecule has 0 bridgehead atoms. The molecule has 0 aromatic carbocycles. The van der Waals surface area contributed by atoms with E-state index in [1.54, 1.807) is 34.6 Å². The highest BCUT2D eigenvalue weighted by Gasteiger charge is 2.51. The smallest absolute Gasteiger partial charge is 0.311 e. The van der Waals surface area contributed by atoms with Crippen molar-refractivity contribution in [3.8, 4) is 0 Å². The van der Waals surface area contributed by atoms with Gasteiger partial charge in [0, 0.05) is 31.5 Å². The van der Waals surface area contributed by atoms with Crippen molar-refractivity contribution in [3.63, 3.8) is 0 Å². The second-order valence-corrected chi connectivity index (χ2v) is 16.7. The Kier molecular flexibility index (Phi) is 15.2. The highest BCUT2D eigenvalue weighted by Crippen LogP contribution is 2.39. The fourth-order valence-electron chi connectivity index (χ4n) is 8.43. The first-order valence-corrected chi connectivity index (χ1v) is 18.6. The van der Waals surface area contributed by atoms with Gasteiger partial charge in [0.05, 0.1) is 47.1 Å². The molecule has 3 rings (SSSR count). The Morgan fingerprint density at radius 2 is 1.58 bits per heavy atom. The van der Waals surface area contributed by atoms with Crippen LogP contribution in [-0.2, 0) is 33.2 Å². The zero-order valence-corrected chi connectivity index (χ0v) is 32.9. The van der Waals surface area contributed by atoms with Crippen molar-refractivity contribution in [2.24, 2.45) is 17.8 Å². The van der Waals surface area contributed by atoms with Gasteiger partial charge in [-0.2, -0.15) is 0 Å². The Balaban J connectivity index is 2.13. The van der Waals surface area contributed by atoms with E-state index in [4.69, 9.17) is 28.4 Å². The molecule has 0 unspecified atom stereocenters. The van der Waals surface area contributed by atoms with Crippen molar-refractivity contribution in [3.05, 3.63) is 0 Å². The predicted octanol–water partition coefficient (Wildman–Crippen LogP) is 2.59. The molecule has 17 atom stereocenters. The average Bonchev–Trinajstić information content (AvgIpc) is 3.02. The van der Waals surface area contributed by atoms with Crippen LogP contribution in [0.4, 0.5) is 0 Å². The van der Waals surface area contributed by atoms with Crippen LogP contribution in [0.3, 0.4) is 0 Å². The van der Waals surface area contributed by atoms with Gasteiger partial charge in [-0.25, -0.2) is 0 Å². The van der Waals surface area contributed by atoms with Gasteiger partial charge in [0.25, 0.3) is 0 Å². The van der Waals surface area contributed by atoms with Crippen LogP contribution in [-0.4, -0.2) is 143 Å². The molecule has 0 saturated carbocycles. The van der Waals surface area contributed by atoms with Gasteiger partial charge in [-0.1, -0.05) is 20.8 Å². The van der Waals surface area contributed by atoms with E-state index < -0.39 is 83.8 Å². The Bertz CT molecular complexity index is 1080. The minimum absolute atomic E-state index is 0.0286. The fourth-order valence-corrected chi connectivity index (χ4v) is 8.43. The summed E-state index contributed by atoms with van der Waals surface area (Å²) in [4.78, 5) is 16.0. The molecule has 3 fully saturated rings. The van der Waals surface area contributed by atoms with Crippen LogP contribution in [0.25, 0.3) is 0 Å². The van der Waals surface area contributed by atoms with Crippen LogP contribution >= 0.6 is 0 Å². The quantitative estimate of drug-likeness (QED) is 0.244. The zero-order chi connectivity index (χ0) is 37.9. The number of carbonyl (C=O) groups is 1. The molecule has 0 spiro atoms. The van der Waals surface area contributed by atoms with Crippen molar-refractivity contribution in [1.82, 2.24) is 10.2 Å². The van der Waals surface area contributed by atoms with E-state index >= 15 is 0 Å². The molecular weight excluding hydrogens is 648 g/mol. The van der Waals surface area contributed by atoms with Gasteiger partial charge >= 0.3 is 5.97 Å². The number of likely N-dealkylation sites (N-methyl/N-ethyl adjacent to an activating group) is 1. The molecule has 0 radical (unpaired) electrons. The number of rotatable bonds is 7. The highest BCUT2D eigenvalue weighted by molar-refractivity contribution is 5.73. The van der Waals surface area contributed by atoms with Crippen LogP contribution < -0.4 is 5.32 Å². The first kappa shape index (κ1) is 43.4. The molecule has 13 heteroatoms. The molecule has 3 aliphatic rings. The van der Waals surface area contributed by atoms with Gasteiger partial charge in [0.1, 0.15) is 18.3 Å². The third-order valence-corrected chi connectivity index (χ3v) is 11.4. The summed E-state index contributed by atoms with van der Waals surface area (Å²) in [7, 11) is 5.32. The average molecular weight is 719 g/mol. The van der Waals surface area contributed by atoms with Gasteiger partial charge in [-0.05, 0) is 101 Å². The summed E-state index contributed by atoms with van der Waals surface area (Å²) in [6.07, 6.45) is -5.69. The summed E-state index contributed by atoms with van der Waals surface area (Å²) < 4.78 is 37.6. The minimum Gasteiger partial charge on any atom is -0.459 e. The molecule has 0 amide bonds. The standard InChI is InChI=1S/C37H70N2O11/c1-14-27-35(8,43)16-20(2)19-38-21(3)17-36(9,44)32(50-34-29(40)26(39(11)12)15-22(4)46-34)23(5)30(24(6)33(42)48-27)49-28-18-37(10,45-13)31(41)25(7)47-28/h20-32,34,38,40-41,43-44H,14-19H2,1-13H3/t20-,21-,22+,23-,24+,25-,26-,27-,28-,29+,30-,31-,32+,34-,35-,36-,37+/m0/s1. The van der Waals surface area contributed by atoms with Crippen molar-refractivity contribution in [1.29, 1.82) is 0 Å². The van der Waals surface area contributed by atoms with Crippen LogP contribution in [0, 0.1) is 17.8 Å². The van der Waals surface area contributed by atoms with Crippen molar-refractivity contribution < 1.29 is 53.6 Å². The van der Waals surface area contributed by atoms with E-state index in [0.29, 0.717) is 25.8 Å². The summed E-state index contributed by atoms with van der Waals surface area (Å²) in [6.45, 7) is 18.9. The summed E-state index contributed by atoms with van der Waals surface area (Å²) in [6, 6.07) is -0.419. The van der Waals surface area contributed by atoms with Gasteiger partial charge in [0.2, 0.25) is 0 Å². The second kappa shape index (κ2) is 17.4. The number of carbonyl (C=O) groups excluding carboxylic acids is 1. The molecule has 13 nitrogen and oxygen atoms in total. The van der Waals surface area contributed by atoms with E-state index in [-0.39, 0.29) is 36.9 Å². The van der Waals surface area contributed by atoms with Crippen molar-refractivity contribution >= 4 is 5.97 Å². The topological polar surface area (TPSA) is 169 Å². The van der Waals surface area contributed by atoms with Crippen LogP contribution in [0.5, 0.6) is 0 Å². The molecule has 294 valence electrons. The van der Waals surface area contributed by atoms with Gasteiger partial charge in [-0.3, -0.25) is 4.79 Å². The molecule has 0 aliphatic carbocycles. The summed E-state index contributed by atoms with van der Waals surface area (Å²) >= 11 is 0. The number of ether oxygens (including phenoxy) is 6. The molecule has 0 aromatic heterocycles. The third kappa shape index (κ3) is 10.4. The molecule has 5 N–H and O–H groups in total. The van der Waals surface area contributed by atoms with Crippen LogP contribution in [0.1, 0.15) is 101 Å². The summed E-state index contributed by atoms with van der Waals surface area (Å²) in [5, 5.41) is 49.9. The zero-order valence-electron chi connectivity index (χ0n) is 32.9. The third-order valence-electron chi connectivity index (χ3n) is 11.4. The van der Waals surface area contributed by atoms with Crippen LogP contribution in [0.2, 0.25) is 0 Å². The molecule has 50 heavy (non-hydrogen) atoms. The Labute approximate surface area is 300 Å². The lowest BCUT2D eigenvalue weighted by Crippen LogP contribution is -2.60. The lowest BCUT2D eigenvalue weighted by Gasteiger charge is -2.48. The number of aliphatic hydroxyl groups excluding tert-OH is 2.